The van der Waals surface area contributed by atoms with Crippen molar-refractivity contribution in [2.24, 2.45) is 11.1 Å². The molecule has 112 valence electrons. The molecule has 1 aliphatic heterocycles. The molecule has 0 saturated carbocycles. The van der Waals surface area contributed by atoms with Crippen molar-refractivity contribution < 1.29 is 9.53 Å². The number of Topliss-reactive ketones (excluding diaryl/α,β-unsaturated/α-hetero) is 1. The Hall–Kier alpha value is -2.61. The van der Waals surface area contributed by atoms with Crippen LogP contribution in [0.25, 0.3) is 0 Å². The molecule has 0 radical (unpaired) electrons. The molecule has 0 saturated heterocycles. The van der Waals surface area contributed by atoms with Gasteiger partial charge in [0.05, 0.1) is 11.6 Å². The lowest BCUT2D eigenvalue weighted by molar-refractivity contribution is -0.119. The largest absolute Gasteiger partial charge is 0.444 e. The van der Waals surface area contributed by atoms with E-state index in [2.05, 4.69) is 11.1 Å². The zero-order valence-corrected chi connectivity index (χ0v) is 12.6. The molecule has 22 heavy (non-hydrogen) atoms. The smallest absolute Gasteiger partial charge is 0.205 e. The van der Waals surface area contributed by atoms with Gasteiger partial charge < -0.3 is 10.5 Å². The maximum atomic E-state index is 12.7. The maximum absolute atomic E-state index is 12.7. The first-order chi connectivity index (χ1) is 10.4. The Kier molecular flexibility index (Phi) is 3.25. The van der Waals surface area contributed by atoms with Crippen LogP contribution in [0, 0.1) is 16.7 Å². The summed E-state index contributed by atoms with van der Waals surface area (Å²) >= 11 is 0. The quantitative estimate of drug-likeness (QED) is 0.860. The third-order valence-electron chi connectivity index (χ3n) is 4.06. The van der Waals surface area contributed by atoms with Crippen molar-refractivity contribution in [3.05, 3.63) is 52.9 Å². The summed E-state index contributed by atoms with van der Waals surface area (Å²) in [6.45, 7) is 4.04. The fraction of sp³-hybridized carbons (Fsp3) is 0.353. The van der Waals surface area contributed by atoms with Gasteiger partial charge in [0, 0.05) is 24.6 Å². The van der Waals surface area contributed by atoms with Crippen molar-refractivity contribution in [3.8, 4) is 6.07 Å². The molecule has 2 N–H and O–H groups in total. The summed E-state index contributed by atoms with van der Waals surface area (Å²) in [5.74, 6) is 0.122. The van der Waals surface area contributed by atoms with Gasteiger partial charge >= 0.3 is 0 Å². The summed E-state index contributed by atoms with van der Waals surface area (Å²) in [5.41, 5.74) is 7.18. The minimum Gasteiger partial charge on any atom is -0.444 e. The first-order valence-corrected chi connectivity index (χ1v) is 7.18. The number of ether oxygens (including phenoxy) is 1. The van der Waals surface area contributed by atoms with Crippen molar-refractivity contribution in [3.63, 3.8) is 0 Å². The Labute approximate surface area is 129 Å². The summed E-state index contributed by atoms with van der Waals surface area (Å²) < 4.78 is 5.62. The van der Waals surface area contributed by atoms with Gasteiger partial charge in [-0.3, -0.25) is 9.78 Å². The fourth-order valence-electron chi connectivity index (χ4n) is 3.13. The van der Waals surface area contributed by atoms with E-state index in [1.54, 1.807) is 18.3 Å². The standard InChI is InChI=1S/C17H17N3O2/c1-17(2)7-12(21)15-13(8-17)22-16(19)10(9-18)14(15)11-5-3-4-6-20-11/h3-6,14H,7-8,19H2,1-2H3/t14-/m0/s1. The molecule has 0 spiro atoms. The van der Waals surface area contributed by atoms with E-state index in [9.17, 15) is 10.1 Å². The number of hydrogen-bond donors (Lipinski definition) is 1. The molecule has 1 aliphatic carbocycles. The average Bonchev–Trinajstić information content (AvgIpc) is 2.45. The van der Waals surface area contributed by atoms with Crippen LogP contribution in [-0.2, 0) is 9.53 Å². The third-order valence-corrected chi connectivity index (χ3v) is 4.06. The van der Waals surface area contributed by atoms with Crippen molar-refractivity contribution >= 4 is 5.78 Å². The highest BCUT2D eigenvalue weighted by atomic mass is 16.5. The molecule has 0 fully saturated rings. The van der Waals surface area contributed by atoms with Crippen LogP contribution < -0.4 is 5.73 Å². The summed E-state index contributed by atoms with van der Waals surface area (Å²) in [7, 11) is 0. The van der Waals surface area contributed by atoms with Gasteiger partial charge in [-0.2, -0.15) is 5.26 Å². The third kappa shape index (κ3) is 2.27. The number of nitrogens with two attached hydrogens (primary N) is 1. The van der Waals surface area contributed by atoms with Gasteiger partial charge in [0.1, 0.15) is 17.4 Å². The van der Waals surface area contributed by atoms with Gasteiger partial charge in [-0.15, -0.1) is 0 Å². The van der Waals surface area contributed by atoms with Crippen molar-refractivity contribution in [2.45, 2.75) is 32.6 Å². The molecule has 3 rings (SSSR count). The second-order valence-corrected chi connectivity index (χ2v) is 6.46. The van der Waals surface area contributed by atoms with Gasteiger partial charge in [0.25, 0.3) is 0 Å². The normalized spacial score (nSPS) is 23.7. The molecule has 1 aromatic rings. The van der Waals surface area contributed by atoms with E-state index in [1.165, 1.54) is 0 Å². The van der Waals surface area contributed by atoms with E-state index in [-0.39, 0.29) is 22.7 Å². The number of allylic oxidation sites excluding steroid dienone is 3. The van der Waals surface area contributed by atoms with Crippen LogP contribution in [0.3, 0.4) is 0 Å². The number of carbonyl (C=O) groups is 1. The lowest BCUT2D eigenvalue weighted by Gasteiger charge is -2.36. The predicted octanol–water partition coefficient (Wildman–Crippen LogP) is 2.53. The predicted molar refractivity (Wildman–Crippen MR) is 79.9 cm³/mol. The summed E-state index contributed by atoms with van der Waals surface area (Å²) in [6, 6.07) is 7.51. The Bertz CT molecular complexity index is 739. The molecule has 0 bridgehead atoms. The first-order valence-electron chi connectivity index (χ1n) is 7.18. The number of aromatic nitrogens is 1. The lowest BCUT2D eigenvalue weighted by atomic mass is 9.71. The van der Waals surface area contributed by atoms with Gasteiger partial charge in [-0.05, 0) is 17.5 Å². The van der Waals surface area contributed by atoms with Gasteiger partial charge in [-0.1, -0.05) is 19.9 Å². The summed E-state index contributed by atoms with van der Waals surface area (Å²) in [5, 5.41) is 9.44. The number of rotatable bonds is 1. The van der Waals surface area contributed by atoms with Crippen LogP contribution in [0.4, 0.5) is 0 Å². The molecule has 1 atom stereocenters. The molecular formula is C17H17N3O2. The summed E-state index contributed by atoms with van der Waals surface area (Å²) in [4.78, 5) is 17.0. The molecule has 2 aliphatic rings. The van der Waals surface area contributed by atoms with Gasteiger partial charge in [0.2, 0.25) is 5.88 Å². The molecule has 0 amide bonds. The van der Waals surface area contributed by atoms with Crippen LogP contribution in [0.2, 0.25) is 0 Å². The Morgan fingerprint density at radius 1 is 1.41 bits per heavy atom. The van der Waals surface area contributed by atoms with Crippen LogP contribution in [0.5, 0.6) is 0 Å². The SMILES string of the molecule is CC1(C)CC(=O)C2=C(C1)OC(N)=C(C#N)[C@H]2c1ccccn1. The van der Waals surface area contributed by atoms with E-state index in [1.807, 2.05) is 19.9 Å². The maximum Gasteiger partial charge on any atom is 0.205 e. The number of carbonyl (C=O) groups excluding carboxylic acids is 1. The Morgan fingerprint density at radius 2 is 2.18 bits per heavy atom. The highest BCUT2D eigenvalue weighted by Crippen LogP contribution is 2.47. The summed E-state index contributed by atoms with van der Waals surface area (Å²) in [6.07, 6.45) is 2.70. The zero-order chi connectivity index (χ0) is 15.9. The lowest BCUT2D eigenvalue weighted by Crippen LogP contribution is -2.33. The van der Waals surface area contributed by atoms with Crippen molar-refractivity contribution in [1.82, 2.24) is 4.98 Å². The fourth-order valence-corrected chi connectivity index (χ4v) is 3.13. The zero-order valence-electron chi connectivity index (χ0n) is 12.6. The van der Waals surface area contributed by atoms with E-state index in [0.717, 1.165) is 0 Å². The van der Waals surface area contributed by atoms with Gasteiger partial charge in [0.15, 0.2) is 5.78 Å². The monoisotopic (exact) mass is 295 g/mol. The van der Waals surface area contributed by atoms with Crippen LogP contribution in [0.15, 0.2) is 47.2 Å². The number of hydrogen-bond acceptors (Lipinski definition) is 5. The Morgan fingerprint density at radius 3 is 2.82 bits per heavy atom. The minimum absolute atomic E-state index is 0.00199. The molecule has 0 aromatic carbocycles. The van der Waals surface area contributed by atoms with Crippen molar-refractivity contribution in [1.29, 1.82) is 5.26 Å². The number of ketones is 1. The van der Waals surface area contributed by atoms with E-state index in [0.29, 0.717) is 29.9 Å². The highest BCUT2D eigenvalue weighted by Gasteiger charge is 2.43. The van der Waals surface area contributed by atoms with E-state index in [4.69, 9.17) is 10.5 Å². The van der Waals surface area contributed by atoms with Crippen molar-refractivity contribution in [2.75, 3.05) is 0 Å². The molecule has 5 nitrogen and oxygen atoms in total. The van der Waals surface area contributed by atoms with Gasteiger partial charge in [-0.25, -0.2) is 0 Å². The molecule has 2 heterocycles. The second kappa shape index (κ2) is 4.99. The second-order valence-electron chi connectivity index (χ2n) is 6.46. The first kappa shape index (κ1) is 14.3. The van der Waals surface area contributed by atoms with Crippen LogP contribution in [0.1, 0.15) is 38.3 Å². The topological polar surface area (TPSA) is 89.0 Å². The highest BCUT2D eigenvalue weighted by molar-refractivity contribution is 5.99. The number of pyridine rings is 1. The van der Waals surface area contributed by atoms with E-state index < -0.39 is 5.92 Å². The molecule has 0 unspecified atom stereocenters. The molecule has 1 aromatic heterocycles. The average molecular weight is 295 g/mol. The number of nitrogens with zero attached hydrogens (tertiary/aromatic N) is 2. The van der Waals surface area contributed by atoms with Crippen LogP contribution >= 0.6 is 0 Å². The van der Waals surface area contributed by atoms with Crippen LogP contribution in [-0.4, -0.2) is 10.8 Å². The number of nitriles is 1. The molecular weight excluding hydrogens is 278 g/mol. The minimum atomic E-state index is -0.529. The van der Waals surface area contributed by atoms with E-state index >= 15 is 0 Å². The Balaban J connectivity index is 2.18. The molecule has 5 heteroatoms.